The van der Waals surface area contributed by atoms with Gasteiger partial charge < -0.3 is 4.74 Å². The van der Waals surface area contributed by atoms with Crippen LogP contribution >= 0.6 is 0 Å². The van der Waals surface area contributed by atoms with Crippen LogP contribution in [0.25, 0.3) is 0 Å². The molecule has 1 unspecified atom stereocenters. The average molecular weight is 169 g/mol. The summed E-state index contributed by atoms with van der Waals surface area (Å²) in [5.41, 5.74) is 0.345. The van der Waals surface area contributed by atoms with Crippen LogP contribution in [-0.2, 0) is 9.53 Å². The quantitative estimate of drug-likeness (QED) is 0.622. The predicted octanol–water partition coefficient (Wildman–Crippen LogP) is 0.834. The average Bonchev–Trinajstić information content (AvgIpc) is 1.81. The molecule has 3 nitrogen and oxygen atoms in total. The van der Waals surface area contributed by atoms with Crippen molar-refractivity contribution >= 4 is 5.97 Å². The lowest BCUT2D eigenvalue weighted by atomic mass is 9.66. The third-order valence-corrected chi connectivity index (χ3v) is 2.96. The van der Waals surface area contributed by atoms with Gasteiger partial charge in [-0.2, -0.15) is 0 Å². The van der Waals surface area contributed by atoms with Crippen molar-refractivity contribution in [2.75, 3.05) is 6.61 Å². The van der Waals surface area contributed by atoms with E-state index in [0.29, 0.717) is 12.1 Å². The van der Waals surface area contributed by atoms with Crippen LogP contribution in [-0.4, -0.2) is 24.2 Å². The molecule has 68 valence electrons. The molecule has 0 amide bonds. The van der Waals surface area contributed by atoms with E-state index in [1.54, 1.807) is 0 Å². The highest BCUT2D eigenvalue weighted by atomic mass is 16.5. The molecule has 1 heterocycles. The van der Waals surface area contributed by atoms with Crippen LogP contribution in [0.1, 0.15) is 32.6 Å². The molecule has 12 heavy (non-hydrogen) atoms. The lowest BCUT2D eigenvalue weighted by molar-refractivity contribution is -0.152. The van der Waals surface area contributed by atoms with E-state index >= 15 is 0 Å². The molecule has 1 N–H and O–H groups in total. The lowest BCUT2D eigenvalue weighted by Gasteiger charge is -2.54. The van der Waals surface area contributed by atoms with Crippen molar-refractivity contribution in [1.29, 1.82) is 0 Å². The molecular formula is C9H15NO2. The van der Waals surface area contributed by atoms with Crippen LogP contribution in [0, 0.1) is 0 Å². The minimum absolute atomic E-state index is 0.00903. The highest BCUT2D eigenvalue weighted by Gasteiger charge is 2.50. The summed E-state index contributed by atoms with van der Waals surface area (Å²) in [5, 5.41) is 3.30. The predicted molar refractivity (Wildman–Crippen MR) is 44.8 cm³/mol. The third-order valence-electron chi connectivity index (χ3n) is 2.96. The Balaban J connectivity index is 1.76. The minimum atomic E-state index is -0.0741. The topological polar surface area (TPSA) is 38.3 Å². The van der Waals surface area contributed by atoms with Gasteiger partial charge in [-0.1, -0.05) is 0 Å². The molecule has 0 bridgehead atoms. The van der Waals surface area contributed by atoms with Gasteiger partial charge in [0.1, 0.15) is 6.04 Å². The van der Waals surface area contributed by atoms with Gasteiger partial charge in [0.25, 0.3) is 0 Å². The molecule has 1 saturated carbocycles. The summed E-state index contributed by atoms with van der Waals surface area (Å²) in [5.74, 6) is -0.0741. The first kappa shape index (κ1) is 8.05. The van der Waals surface area contributed by atoms with Gasteiger partial charge in [-0.15, -0.1) is 0 Å². The third kappa shape index (κ3) is 1.12. The van der Waals surface area contributed by atoms with Gasteiger partial charge in [0.05, 0.1) is 6.61 Å². The van der Waals surface area contributed by atoms with Gasteiger partial charge in [-0.3, -0.25) is 10.1 Å². The van der Waals surface area contributed by atoms with Crippen LogP contribution in [0.2, 0.25) is 0 Å². The van der Waals surface area contributed by atoms with Crippen molar-refractivity contribution < 1.29 is 9.53 Å². The van der Waals surface area contributed by atoms with Crippen LogP contribution in [0.5, 0.6) is 0 Å². The van der Waals surface area contributed by atoms with E-state index in [9.17, 15) is 4.79 Å². The number of ether oxygens (including phenoxy) is 1. The maximum atomic E-state index is 11.2. The van der Waals surface area contributed by atoms with Crippen molar-refractivity contribution in [2.24, 2.45) is 0 Å². The van der Waals surface area contributed by atoms with Crippen molar-refractivity contribution in [3.05, 3.63) is 0 Å². The number of hydrogen-bond donors (Lipinski definition) is 1. The Kier molecular flexibility index (Phi) is 1.83. The number of esters is 1. The van der Waals surface area contributed by atoms with Gasteiger partial charge in [0.2, 0.25) is 0 Å². The smallest absolute Gasteiger partial charge is 0.323 e. The molecule has 1 aliphatic heterocycles. The number of carbonyl (C=O) groups excluding carboxylic acids is 1. The normalized spacial score (nSPS) is 30.6. The van der Waals surface area contributed by atoms with Crippen LogP contribution < -0.4 is 5.32 Å². The van der Waals surface area contributed by atoms with E-state index in [-0.39, 0.29) is 12.0 Å². The number of hydrogen-bond acceptors (Lipinski definition) is 3. The first-order valence-electron chi connectivity index (χ1n) is 4.70. The van der Waals surface area contributed by atoms with E-state index in [0.717, 1.165) is 6.42 Å². The molecule has 0 aromatic heterocycles. The molecule has 3 heteroatoms. The monoisotopic (exact) mass is 169 g/mol. The largest absolute Gasteiger partial charge is 0.465 e. The molecule has 1 spiro atoms. The second kappa shape index (κ2) is 2.73. The maximum Gasteiger partial charge on any atom is 0.323 e. The summed E-state index contributed by atoms with van der Waals surface area (Å²) in [7, 11) is 0. The summed E-state index contributed by atoms with van der Waals surface area (Å²) in [6, 6.07) is -0.00903. The summed E-state index contributed by atoms with van der Waals surface area (Å²) in [4.78, 5) is 11.2. The summed E-state index contributed by atoms with van der Waals surface area (Å²) < 4.78 is 4.91. The van der Waals surface area contributed by atoms with Crippen molar-refractivity contribution in [2.45, 2.75) is 44.2 Å². The molecule has 2 rings (SSSR count). The van der Waals surface area contributed by atoms with Gasteiger partial charge in [0, 0.05) is 5.54 Å². The zero-order chi connectivity index (χ0) is 8.60. The summed E-state index contributed by atoms with van der Waals surface area (Å²) >= 11 is 0. The maximum absolute atomic E-state index is 11.2. The summed E-state index contributed by atoms with van der Waals surface area (Å²) in [6.45, 7) is 2.33. The molecule has 0 aromatic rings. The molecule has 0 radical (unpaired) electrons. The van der Waals surface area contributed by atoms with Gasteiger partial charge in [-0.25, -0.2) is 0 Å². The minimum Gasteiger partial charge on any atom is -0.465 e. The number of rotatable bonds is 2. The Bertz CT molecular complexity index is 191. The molecule has 2 aliphatic rings. The van der Waals surface area contributed by atoms with Crippen LogP contribution in [0.4, 0.5) is 0 Å². The van der Waals surface area contributed by atoms with Gasteiger partial charge in [0.15, 0.2) is 0 Å². The molecule has 1 aliphatic carbocycles. The Morgan fingerprint density at radius 2 is 2.33 bits per heavy atom. The van der Waals surface area contributed by atoms with Crippen LogP contribution in [0.15, 0.2) is 0 Å². The van der Waals surface area contributed by atoms with E-state index in [1.165, 1.54) is 19.3 Å². The first-order chi connectivity index (χ1) is 5.76. The lowest BCUT2D eigenvalue weighted by Crippen LogP contribution is -2.69. The molecule has 1 saturated heterocycles. The number of carbonyl (C=O) groups is 1. The summed E-state index contributed by atoms with van der Waals surface area (Å²) in [6.07, 6.45) is 4.78. The molecular weight excluding hydrogens is 154 g/mol. The Labute approximate surface area is 72.5 Å². The zero-order valence-electron chi connectivity index (χ0n) is 7.43. The second-order valence-corrected chi connectivity index (χ2v) is 3.79. The zero-order valence-corrected chi connectivity index (χ0v) is 7.43. The van der Waals surface area contributed by atoms with Gasteiger partial charge in [-0.05, 0) is 32.6 Å². The fraction of sp³-hybridized carbons (Fsp3) is 0.889. The van der Waals surface area contributed by atoms with Crippen molar-refractivity contribution in [3.63, 3.8) is 0 Å². The number of nitrogens with one attached hydrogen (secondary N) is 1. The first-order valence-corrected chi connectivity index (χ1v) is 4.70. The Morgan fingerprint density at radius 1 is 1.67 bits per heavy atom. The van der Waals surface area contributed by atoms with Gasteiger partial charge >= 0.3 is 5.97 Å². The van der Waals surface area contributed by atoms with Crippen molar-refractivity contribution in [3.8, 4) is 0 Å². The molecule has 0 aromatic carbocycles. The van der Waals surface area contributed by atoms with E-state index in [2.05, 4.69) is 5.32 Å². The van der Waals surface area contributed by atoms with Crippen LogP contribution in [0.3, 0.4) is 0 Å². The second-order valence-electron chi connectivity index (χ2n) is 3.79. The van der Waals surface area contributed by atoms with E-state index in [1.807, 2.05) is 6.92 Å². The fourth-order valence-electron chi connectivity index (χ4n) is 2.08. The molecule has 1 atom stereocenters. The Hall–Kier alpha value is -0.570. The van der Waals surface area contributed by atoms with E-state index in [4.69, 9.17) is 4.74 Å². The Morgan fingerprint density at radius 3 is 2.75 bits per heavy atom. The standard InChI is InChI=1S/C9H15NO2/c1-2-12-8(11)7-6-9(10-7)4-3-5-9/h7,10H,2-6H2,1H3. The highest BCUT2D eigenvalue weighted by molar-refractivity contribution is 5.77. The SMILES string of the molecule is CCOC(=O)C1CC2(CCC2)N1. The highest BCUT2D eigenvalue weighted by Crippen LogP contribution is 2.42. The molecule has 2 fully saturated rings. The van der Waals surface area contributed by atoms with E-state index < -0.39 is 0 Å². The van der Waals surface area contributed by atoms with Crippen molar-refractivity contribution in [1.82, 2.24) is 5.32 Å². The fourth-order valence-corrected chi connectivity index (χ4v) is 2.08.